The Morgan fingerprint density at radius 1 is 0.734 bits per heavy atom. The van der Waals surface area contributed by atoms with Crippen LogP contribution < -0.4 is 31.5 Å². The lowest BCUT2D eigenvalue weighted by atomic mass is 9.78. The third-order valence-electron chi connectivity index (χ3n) is 11.8. The van der Waals surface area contributed by atoms with Crippen molar-refractivity contribution in [1.29, 1.82) is 0 Å². The third-order valence-corrected chi connectivity index (χ3v) is 11.8. The molecule has 2 fully saturated rings. The van der Waals surface area contributed by atoms with E-state index in [1.54, 1.807) is 13.0 Å². The highest BCUT2D eigenvalue weighted by Gasteiger charge is 2.37. The Kier molecular flexibility index (Phi) is 11.3. The smallest absolute Gasteiger partial charge is 0.410 e. The number of piperazine rings is 2. The van der Waals surface area contributed by atoms with E-state index in [9.17, 15) is 58.5 Å². The summed E-state index contributed by atoms with van der Waals surface area (Å²) in [5.41, 5.74) is 0.780. The number of methoxy groups -OCH3 is 1. The predicted octanol–water partition coefficient (Wildman–Crippen LogP) is 1.22. The number of hydrogen-bond acceptors (Lipinski definition) is 16. The fraction of sp³-hybridized carbons (Fsp3) is 0.341. The Morgan fingerprint density at radius 2 is 1.25 bits per heavy atom. The van der Waals surface area contributed by atoms with Gasteiger partial charge in [0.1, 0.15) is 38.6 Å². The van der Waals surface area contributed by atoms with Crippen molar-refractivity contribution in [2.45, 2.75) is 45.8 Å². The van der Waals surface area contributed by atoms with Crippen LogP contribution in [0.4, 0.5) is 15.3 Å². The fourth-order valence-electron chi connectivity index (χ4n) is 9.40. The van der Waals surface area contributed by atoms with E-state index in [-0.39, 0.29) is 104 Å². The number of carbonyl (C=O) groups is 7. The van der Waals surface area contributed by atoms with Crippen molar-refractivity contribution in [3.63, 3.8) is 0 Å². The first-order chi connectivity index (χ1) is 30.6. The Hall–Kier alpha value is -7.45. The van der Waals surface area contributed by atoms with Crippen LogP contribution in [0.3, 0.4) is 0 Å². The number of aliphatic hydroxyl groups excluding tert-OH is 2. The van der Waals surface area contributed by atoms with Gasteiger partial charge in [-0.15, -0.1) is 0 Å². The number of phenolic OH excluding ortho intramolecular Hbond substituents is 1. The Morgan fingerprint density at radius 3 is 1.77 bits per heavy atom. The van der Waals surface area contributed by atoms with Crippen LogP contribution in [0.2, 0.25) is 0 Å². The monoisotopic (exact) mass is 879 g/mol. The van der Waals surface area contributed by atoms with Crippen molar-refractivity contribution in [2.24, 2.45) is 0 Å². The summed E-state index contributed by atoms with van der Waals surface area (Å²) in [5, 5.41) is 42.5. The molecule has 1 aliphatic carbocycles. The summed E-state index contributed by atoms with van der Waals surface area (Å²) in [6, 6.07) is 2.38. The molecule has 1 atom stereocenters. The molecule has 0 radical (unpaired) electrons. The zero-order valence-electron chi connectivity index (χ0n) is 34.7. The van der Waals surface area contributed by atoms with Crippen molar-refractivity contribution in [3.05, 3.63) is 66.0 Å². The topological polar surface area (TPSA) is 285 Å². The number of amides is 6. The van der Waals surface area contributed by atoms with Crippen LogP contribution in [0.15, 0.2) is 27.3 Å². The normalized spacial score (nSPS) is 16.4. The Labute approximate surface area is 361 Å². The van der Waals surface area contributed by atoms with Crippen molar-refractivity contribution >= 4 is 96.5 Å². The maximum Gasteiger partial charge on any atom is 0.410 e. The van der Waals surface area contributed by atoms with E-state index in [2.05, 4.69) is 16.0 Å². The number of aliphatic hydroxyl groups is 2. The molecule has 6 amide bonds. The van der Waals surface area contributed by atoms with Gasteiger partial charge in [-0.25, -0.2) is 9.59 Å². The fourth-order valence-corrected chi connectivity index (χ4v) is 9.40. The molecular weight excluding hydrogens is 839 g/mol. The Bertz CT molecular complexity index is 3020. The Balaban J connectivity index is 1.37. The number of imide groups is 2. The summed E-state index contributed by atoms with van der Waals surface area (Å²) >= 11 is 0. The number of benzene rings is 5. The first kappa shape index (κ1) is 43.2. The molecule has 0 spiro atoms. The van der Waals surface area contributed by atoms with Crippen LogP contribution >= 0.6 is 0 Å². The van der Waals surface area contributed by atoms with Gasteiger partial charge in [0.15, 0.2) is 22.4 Å². The molecule has 5 aromatic carbocycles. The van der Waals surface area contributed by atoms with Gasteiger partial charge in [0.05, 0.1) is 43.6 Å². The van der Waals surface area contributed by atoms with Crippen LogP contribution in [0.5, 0.6) is 11.5 Å². The maximum atomic E-state index is 14.6. The summed E-state index contributed by atoms with van der Waals surface area (Å²) in [5.74, 6) is -4.86. The van der Waals surface area contributed by atoms with Crippen molar-refractivity contribution in [1.82, 2.24) is 20.4 Å². The van der Waals surface area contributed by atoms with E-state index < -0.39 is 97.7 Å². The molecule has 1 unspecified atom stereocenters. The molecule has 20 heteroatoms. The average molecular weight is 880 g/mol. The van der Waals surface area contributed by atoms with E-state index in [1.165, 1.54) is 20.1 Å². The molecule has 0 bridgehead atoms. The van der Waals surface area contributed by atoms with Crippen LogP contribution in [-0.2, 0) is 53.1 Å². The minimum Gasteiger partial charge on any atom is -0.504 e. The van der Waals surface area contributed by atoms with Gasteiger partial charge in [-0.2, -0.15) is 0 Å². The van der Waals surface area contributed by atoms with Crippen LogP contribution in [0.1, 0.15) is 54.0 Å². The molecule has 0 saturated carbocycles. The lowest BCUT2D eigenvalue weighted by Crippen LogP contribution is -2.53. The minimum absolute atomic E-state index is 0.0488. The lowest BCUT2D eigenvalue weighted by molar-refractivity contribution is -0.136. The quantitative estimate of drug-likeness (QED) is 0.0445. The molecule has 64 heavy (non-hydrogen) atoms. The van der Waals surface area contributed by atoms with Gasteiger partial charge in [-0.3, -0.25) is 54.0 Å². The molecule has 8 rings (SSSR count). The second-order valence-electron chi connectivity index (χ2n) is 15.8. The number of hydrogen-bond donors (Lipinski definition) is 6. The number of carbonyl (C=O) groups excluding carboxylic acids is 7. The number of nitrogens with one attached hydrogen (secondary N) is 3. The summed E-state index contributed by atoms with van der Waals surface area (Å²) in [4.78, 5) is 118. The molecule has 3 aliphatic rings. The van der Waals surface area contributed by atoms with Gasteiger partial charge in [0, 0.05) is 28.6 Å². The van der Waals surface area contributed by atoms with Gasteiger partial charge in [0.2, 0.25) is 23.6 Å². The molecule has 2 saturated heterocycles. The first-order valence-electron chi connectivity index (χ1n) is 20.2. The number of fused-ring (bicyclic) bond motifs is 1. The van der Waals surface area contributed by atoms with Crippen molar-refractivity contribution in [3.8, 4) is 11.5 Å². The molecule has 2 heterocycles. The number of phenols is 1. The molecule has 20 nitrogen and oxygen atoms in total. The molecule has 2 aliphatic heterocycles. The zero-order chi connectivity index (χ0) is 45.9. The van der Waals surface area contributed by atoms with Crippen LogP contribution in [0.25, 0.3) is 49.2 Å². The highest BCUT2D eigenvalue weighted by atomic mass is 16.6. The number of ether oxygens (including phenoxy) is 3. The van der Waals surface area contributed by atoms with Gasteiger partial charge in [-0.05, 0) is 82.6 Å². The van der Waals surface area contributed by atoms with Crippen molar-refractivity contribution in [2.75, 3.05) is 58.4 Å². The highest BCUT2D eigenvalue weighted by Crippen LogP contribution is 2.56. The van der Waals surface area contributed by atoms with Gasteiger partial charge >= 0.3 is 12.2 Å². The van der Waals surface area contributed by atoms with Crippen LogP contribution in [0, 0.1) is 0 Å². The van der Waals surface area contributed by atoms with E-state index in [1.807, 2.05) is 0 Å². The third kappa shape index (κ3) is 7.09. The number of aromatic hydroxyl groups is 1. The van der Waals surface area contributed by atoms with E-state index >= 15 is 0 Å². The first-order valence-corrected chi connectivity index (χ1v) is 20.2. The highest BCUT2D eigenvalue weighted by molar-refractivity contribution is 6.39. The number of anilines is 1. The SMILES string of the molecule is COc1c(O)c2c(=O)cc(CO)c3c4c(CO)cc(=O)c5c(NCCOC(=O)N6CC(=O)NC(=O)C6)c(CCCOC(=O)N6CC(=O)NC(=O)C6)c6c(c(c1C(C(C)=O)C(C)=C6)c23)c54. The van der Waals surface area contributed by atoms with Gasteiger partial charge in [-0.1, -0.05) is 11.6 Å². The second-order valence-corrected chi connectivity index (χ2v) is 15.8. The average Bonchev–Trinajstić information content (AvgIpc) is 3.37. The number of allylic oxidation sites excluding steroid dienone is 1. The number of nitrogens with zero attached hydrogens (tertiary/aromatic N) is 2. The van der Waals surface area contributed by atoms with E-state index in [0.717, 1.165) is 15.9 Å². The standard InChI is InChI=1S/C44H41N5O15/c1-18-9-23-22(5-4-7-63-43(60)48-12-26(55)46-27(56)13-48)40(45-6-8-64-44(61)49-14-28(57)47-29(58)15-49)34-24(53)10-20(16-50)31-32-21(17-51)11-25(54)35-37(32)38(33(23)36(31)34)39(30(18)19(2)52)42(62-3)41(35)59/h9-11,30,45,50-51,59H,4-8,12-17H2,1-3H3,(H,46,55,56)(H,47,57,58). The maximum absolute atomic E-state index is 14.6. The molecule has 0 aromatic heterocycles. The molecule has 332 valence electrons. The lowest BCUT2D eigenvalue weighted by Gasteiger charge is -2.27. The molecular formula is C44H41N5O15. The van der Waals surface area contributed by atoms with Crippen LogP contribution in [-0.4, -0.2) is 120 Å². The summed E-state index contributed by atoms with van der Waals surface area (Å²) in [6.07, 6.45) is 0.0116. The molecule has 6 N–H and O–H groups in total. The second kappa shape index (κ2) is 16.7. The molecule has 5 aromatic rings. The summed E-state index contributed by atoms with van der Waals surface area (Å²) in [6.45, 7) is -0.598. The predicted molar refractivity (Wildman–Crippen MR) is 227 cm³/mol. The number of rotatable bonds is 12. The summed E-state index contributed by atoms with van der Waals surface area (Å²) < 4.78 is 16.7. The van der Waals surface area contributed by atoms with Gasteiger partial charge < -0.3 is 34.8 Å². The number of Topliss-reactive ketones (excluding diaryl/α,β-unsaturated/α-hetero) is 1. The minimum atomic E-state index is -1.07. The van der Waals surface area contributed by atoms with E-state index in [0.29, 0.717) is 22.1 Å². The zero-order valence-corrected chi connectivity index (χ0v) is 34.7. The van der Waals surface area contributed by atoms with E-state index in [4.69, 9.17) is 14.2 Å². The number of ketones is 1. The largest absolute Gasteiger partial charge is 0.504 e. The summed E-state index contributed by atoms with van der Waals surface area (Å²) in [7, 11) is 1.28. The van der Waals surface area contributed by atoms with Gasteiger partial charge in [0.25, 0.3) is 0 Å². The van der Waals surface area contributed by atoms with Crippen molar-refractivity contribution < 1.29 is 63.1 Å².